The summed E-state index contributed by atoms with van der Waals surface area (Å²) in [4.78, 5) is 0. The fraction of sp³-hybridized carbons (Fsp3) is 0.250. The average molecular weight is 150 g/mol. The maximum Gasteiger partial charge on any atom is 0.123 e. The minimum absolute atomic E-state index is 0.380. The van der Waals surface area contributed by atoms with Gasteiger partial charge in [-0.15, -0.1) is 0 Å². The van der Waals surface area contributed by atoms with E-state index in [4.69, 9.17) is 13.0 Å². The molecule has 1 nitrogen and oxygen atoms in total. The van der Waals surface area contributed by atoms with Crippen LogP contribution in [0.3, 0.4) is 0 Å². The summed E-state index contributed by atoms with van der Waals surface area (Å²) in [6, 6.07) is 3.94. The molecule has 3 heteroatoms. The van der Waals surface area contributed by atoms with Crippen LogP contribution in [-0.2, 0) is 0 Å². The lowest BCUT2D eigenvalue weighted by molar-refractivity contribution is 0.200. The van der Waals surface area contributed by atoms with Gasteiger partial charge in [0.15, 0.2) is 0 Å². The highest BCUT2D eigenvalue weighted by molar-refractivity contribution is 6.33. The molecule has 1 atom stereocenters. The zero-order valence-corrected chi connectivity index (χ0v) is 6.21. The number of rotatable bonds is 1. The second-order valence-corrected chi connectivity index (χ2v) is 2.45. The molecule has 0 aliphatic carbocycles. The first-order chi connectivity index (χ1) is 5.11. The molecule has 0 saturated heterocycles. The largest absolute Gasteiger partial charge is 0.389 e. The lowest BCUT2D eigenvalue weighted by Gasteiger charge is -2.08. The second-order valence-electron chi connectivity index (χ2n) is 2.45. The minimum Gasteiger partial charge on any atom is -0.389 e. The topological polar surface area (TPSA) is 20.2 Å². The molecule has 2 radical (unpaired) electrons. The van der Waals surface area contributed by atoms with Gasteiger partial charge in [0.1, 0.15) is 13.7 Å². The summed E-state index contributed by atoms with van der Waals surface area (Å²) in [5, 5.41) is 9.08. The van der Waals surface area contributed by atoms with Crippen LogP contribution in [0.5, 0.6) is 0 Å². The van der Waals surface area contributed by atoms with Gasteiger partial charge in [0, 0.05) is 0 Å². The predicted molar refractivity (Wildman–Crippen MR) is 42.4 cm³/mol. The van der Waals surface area contributed by atoms with Crippen LogP contribution < -0.4 is 5.46 Å². The highest BCUT2D eigenvalue weighted by Crippen LogP contribution is 2.09. The highest BCUT2D eigenvalue weighted by atomic mass is 19.1. The number of hydrogen-bond donors (Lipinski definition) is 1. The molecule has 0 fully saturated rings. The van der Waals surface area contributed by atoms with E-state index in [0.29, 0.717) is 11.0 Å². The molecule has 56 valence electrons. The first kappa shape index (κ1) is 8.27. The third-order valence-electron chi connectivity index (χ3n) is 1.50. The van der Waals surface area contributed by atoms with Crippen molar-refractivity contribution >= 4 is 13.3 Å². The quantitative estimate of drug-likeness (QED) is 0.583. The van der Waals surface area contributed by atoms with Gasteiger partial charge < -0.3 is 5.11 Å². The zero-order valence-electron chi connectivity index (χ0n) is 6.21. The molecule has 1 unspecified atom stereocenters. The van der Waals surface area contributed by atoms with Crippen LogP contribution in [0, 0.1) is 5.82 Å². The number of hydrogen-bond acceptors (Lipinski definition) is 1. The number of benzene rings is 1. The molecule has 0 aliphatic heterocycles. The molecule has 0 aromatic heterocycles. The van der Waals surface area contributed by atoms with Crippen LogP contribution in [0.25, 0.3) is 0 Å². The Morgan fingerprint density at radius 3 is 2.64 bits per heavy atom. The predicted octanol–water partition coefficient (Wildman–Crippen LogP) is 0.673. The summed E-state index contributed by atoms with van der Waals surface area (Å²) in [6.45, 7) is 1.55. The maximum absolute atomic E-state index is 12.5. The van der Waals surface area contributed by atoms with Crippen molar-refractivity contribution < 1.29 is 9.50 Å². The molecule has 11 heavy (non-hydrogen) atoms. The van der Waals surface area contributed by atoms with Gasteiger partial charge in [0.05, 0.1) is 6.10 Å². The van der Waals surface area contributed by atoms with E-state index in [9.17, 15) is 4.39 Å². The van der Waals surface area contributed by atoms with Crippen LogP contribution in [-0.4, -0.2) is 13.0 Å². The molecule has 0 saturated carbocycles. The van der Waals surface area contributed by atoms with Crippen molar-refractivity contribution in [3.8, 4) is 0 Å². The van der Waals surface area contributed by atoms with Gasteiger partial charge in [-0.05, 0) is 24.6 Å². The Balaban J connectivity index is 3.13. The molecular formula is C8H8BFO. The van der Waals surface area contributed by atoms with Crippen molar-refractivity contribution in [2.75, 3.05) is 0 Å². The zero-order chi connectivity index (χ0) is 8.43. The Morgan fingerprint density at radius 1 is 1.55 bits per heavy atom. The Labute approximate surface area is 66.3 Å². The smallest absolute Gasteiger partial charge is 0.123 e. The normalized spacial score (nSPS) is 13.0. The Morgan fingerprint density at radius 2 is 2.18 bits per heavy atom. The lowest BCUT2D eigenvalue weighted by Crippen LogP contribution is -2.12. The highest BCUT2D eigenvalue weighted by Gasteiger charge is 2.04. The molecule has 0 amide bonds. The molecular weight excluding hydrogens is 142 g/mol. The fourth-order valence-corrected chi connectivity index (χ4v) is 0.907. The number of aliphatic hydroxyl groups excluding tert-OH is 1. The van der Waals surface area contributed by atoms with E-state index in [1.807, 2.05) is 0 Å². The van der Waals surface area contributed by atoms with Gasteiger partial charge in [0.25, 0.3) is 0 Å². The molecule has 1 N–H and O–H groups in total. The van der Waals surface area contributed by atoms with Crippen molar-refractivity contribution in [1.82, 2.24) is 0 Å². The fourth-order valence-electron chi connectivity index (χ4n) is 0.907. The summed E-state index contributed by atoms with van der Waals surface area (Å²) < 4.78 is 12.5. The standard InChI is InChI=1S/C8H8BFO/c1-5(11)7-4-6(10)2-3-8(7)9/h2-5,11H,1H3. The van der Waals surface area contributed by atoms with Crippen LogP contribution in [0.2, 0.25) is 0 Å². The maximum atomic E-state index is 12.5. The summed E-state index contributed by atoms with van der Waals surface area (Å²) in [5.41, 5.74) is 0.853. The molecule has 0 heterocycles. The van der Waals surface area contributed by atoms with Crippen molar-refractivity contribution in [2.24, 2.45) is 0 Å². The molecule has 1 aromatic rings. The van der Waals surface area contributed by atoms with Crippen LogP contribution in [0.15, 0.2) is 18.2 Å². The molecule has 1 rings (SSSR count). The Kier molecular flexibility index (Phi) is 2.30. The summed E-state index contributed by atoms with van der Waals surface area (Å²) in [6.07, 6.45) is -0.717. The molecule has 0 bridgehead atoms. The lowest BCUT2D eigenvalue weighted by atomic mass is 9.88. The van der Waals surface area contributed by atoms with Crippen LogP contribution in [0.1, 0.15) is 18.6 Å². The second kappa shape index (κ2) is 3.05. The third-order valence-corrected chi connectivity index (χ3v) is 1.50. The monoisotopic (exact) mass is 150 g/mol. The van der Waals surface area contributed by atoms with E-state index < -0.39 is 6.10 Å². The first-order valence-electron chi connectivity index (χ1n) is 3.34. The van der Waals surface area contributed by atoms with Gasteiger partial charge >= 0.3 is 0 Å². The Hall–Kier alpha value is -0.825. The minimum atomic E-state index is -0.717. The third kappa shape index (κ3) is 1.81. The van der Waals surface area contributed by atoms with Crippen molar-refractivity contribution in [3.05, 3.63) is 29.6 Å². The average Bonchev–Trinajstić information content (AvgIpc) is 1.94. The van der Waals surface area contributed by atoms with Gasteiger partial charge in [-0.3, -0.25) is 0 Å². The first-order valence-corrected chi connectivity index (χ1v) is 3.34. The van der Waals surface area contributed by atoms with Crippen molar-refractivity contribution in [2.45, 2.75) is 13.0 Å². The van der Waals surface area contributed by atoms with Gasteiger partial charge in [0.2, 0.25) is 0 Å². The van der Waals surface area contributed by atoms with Gasteiger partial charge in [-0.25, -0.2) is 4.39 Å². The molecule has 1 aromatic carbocycles. The van der Waals surface area contributed by atoms with Crippen molar-refractivity contribution in [3.63, 3.8) is 0 Å². The number of aliphatic hydroxyl groups is 1. The summed E-state index contributed by atoms with van der Waals surface area (Å²) >= 11 is 0. The van der Waals surface area contributed by atoms with E-state index in [0.717, 1.165) is 0 Å². The Bertz CT molecular complexity index is 260. The van der Waals surface area contributed by atoms with E-state index >= 15 is 0 Å². The van der Waals surface area contributed by atoms with Crippen LogP contribution in [0.4, 0.5) is 4.39 Å². The van der Waals surface area contributed by atoms with Gasteiger partial charge in [-0.1, -0.05) is 11.5 Å². The van der Waals surface area contributed by atoms with Crippen LogP contribution >= 0.6 is 0 Å². The summed E-state index contributed by atoms with van der Waals surface area (Å²) in [5.74, 6) is -0.380. The summed E-state index contributed by atoms with van der Waals surface area (Å²) in [7, 11) is 5.46. The number of halogens is 1. The van der Waals surface area contributed by atoms with E-state index in [1.165, 1.54) is 18.2 Å². The van der Waals surface area contributed by atoms with E-state index in [-0.39, 0.29) is 5.82 Å². The van der Waals surface area contributed by atoms with E-state index in [2.05, 4.69) is 0 Å². The molecule has 0 spiro atoms. The van der Waals surface area contributed by atoms with E-state index in [1.54, 1.807) is 6.92 Å². The SMILES string of the molecule is [B]c1ccc(F)cc1C(C)O. The van der Waals surface area contributed by atoms with Crippen molar-refractivity contribution in [1.29, 1.82) is 0 Å². The van der Waals surface area contributed by atoms with Gasteiger partial charge in [-0.2, -0.15) is 0 Å². The molecule has 0 aliphatic rings.